The third-order valence-electron chi connectivity index (χ3n) is 3.05. The molecule has 0 unspecified atom stereocenters. The van der Waals surface area contributed by atoms with Crippen LogP contribution in [0, 0.1) is 0 Å². The monoisotopic (exact) mass is 307 g/mol. The van der Waals surface area contributed by atoms with Gasteiger partial charge in [-0.2, -0.15) is 0 Å². The topological polar surface area (TPSA) is 53.1 Å². The summed E-state index contributed by atoms with van der Waals surface area (Å²) in [7, 11) is 1.60. The number of rotatable bonds is 2. The quantitative estimate of drug-likeness (QED) is 0.780. The number of aromatic nitrogens is 2. The summed E-state index contributed by atoms with van der Waals surface area (Å²) in [6.07, 6.45) is 0. The fourth-order valence-electron chi connectivity index (χ4n) is 2.14. The van der Waals surface area contributed by atoms with Gasteiger partial charge in [-0.15, -0.1) is 0 Å². The van der Waals surface area contributed by atoms with Crippen molar-refractivity contribution in [2.75, 3.05) is 12.8 Å². The van der Waals surface area contributed by atoms with Gasteiger partial charge >= 0.3 is 0 Å². The van der Waals surface area contributed by atoms with E-state index in [9.17, 15) is 0 Å². The molecule has 0 spiro atoms. The van der Waals surface area contributed by atoms with E-state index in [0.717, 1.165) is 11.0 Å². The number of nitrogens with two attached hydrogens (primary N) is 1. The second kappa shape index (κ2) is 4.89. The van der Waals surface area contributed by atoms with Gasteiger partial charge in [0.05, 0.1) is 33.9 Å². The molecule has 0 aliphatic heterocycles. The molecule has 2 N–H and O–H groups in total. The van der Waals surface area contributed by atoms with Crippen LogP contribution in [-0.4, -0.2) is 16.7 Å². The van der Waals surface area contributed by atoms with Crippen molar-refractivity contribution < 1.29 is 4.74 Å². The van der Waals surface area contributed by atoms with Gasteiger partial charge < -0.3 is 10.5 Å². The van der Waals surface area contributed by atoms with Crippen LogP contribution in [0.2, 0.25) is 10.0 Å². The van der Waals surface area contributed by atoms with Crippen molar-refractivity contribution in [1.82, 2.24) is 9.55 Å². The standard InChI is InChI=1S/C14H11Cl2N3O/c1-20-8-5-6-12-11(7-8)18-14(17)19(12)13-9(15)3-2-4-10(13)16/h2-7H,1H3,(H2,17,18). The van der Waals surface area contributed by atoms with Crippen LogP contribution in [0.4, 0.5) is 5.95 Å². The average Bonchev–Trinajstić information content (AvgIpc) is 2.74. The molecule has 20 heavy (non-hydrogen) atoms. The predicted octanol–water partition coefficient (Wildman–Crippen LogP) is 3.92. The third-order valence-corrected chi connectivity index (χ3v) is 3.66. The summed E-state index contributed by atoms with van der Waals surface area (Å²) in [5, 5.41) is 1.03. The van der Waals surface area contributed by atoms with Gasteiger partial charge in [0.25, 0.3) is 0 Å². The zero-order chi connectivity index (χ0) is 14.3. The van der Waals surface area contributed by atoms with Crippen molar-refractivity contribution in [2.45, 2.75) is 0 Å². The first-order chi connectivity index (χ1) is 9.61. The first-order valence-electron chi connectivity index (χ1n) is 5.88. The summed E-state index contributed by atoms with van der Waals surface area (Å²) < 4.78 is 6.92. The second-order valence-corrected chi connectivity index (χ2v) is 5.04. The Labute approximate surface area is 125 Å². The largest absolute Gasteiger partial charge is 0.497 e. The third kappa shape index (κ3) is 1.97. The van der Waals surface area contributed by atoms with E-state index < -0.39 is 0 Å². The zero-order valence-corrected chi connectivity index (χ0v) is 12.1. The number of nitrogens with zero attached hydrogens (tertiary/aromatic N) is 2. The molecular weight excluding hydrogens is 297 g/mol. The van der Waals surface area contributed by atoms with Crippen LogP contribution in [0.5, 0.6) is 5.75 Å². The number of anilines is 1. The van der Waals surface area contributed by atoms with Gasteiger partial charge in [-0.1, -0.05) is 29.3 Å². The number of nitrogen functional groups attached to an aromatic ring is 1. The maximum atomic E-state index is 6.24. The molecule has 0 bridgehead atoms. The van der Waals surface area contributed by atoms with Crippen LogP contribution in [0.15, 0.2) is 36.4 Å². The molecule has 102 valence electrons. The summed E-state index contributed by atoms with van der Waals surface area (Å²) in [6.45, 7) is 0. The SMILES string of the molecule is COc1ccc2c(c1)nc(N)n2-c1c(Cl)cccc1Cl. The number of hydrogen-bond donors (Lipinski definition) is 1. The van der Waals surface area contributed by atoms with E-state index in [2.05, 4.69) is 4.98 Å². The normalized spacial score (nSPS) is 10.9. The van der Waals surface area contributed by atoms with Gasteiger partial charge in [-0.05, 0) is 24.3 Å². The summed E-state index contributed by atoms with van der Waals surface area (Å²) >= 11 is 12.5. The number of imidazole rings is 1. The Kier molecular flexibility index (Phi) is 3.20. The lowest BCUT2D eigenvalue weighted by molar-refractivity contribution is 0.415. The number of methoxy groups -OCH3 is 1. The molecule has 0 saturated carbocycles. The summed E-state index contributed by atoms with van der Waals surface area (Å²) in [5.74, 6) is 1.04. The number of para-hydroxylation sites is 1. The molecule has 1 heterocycles. The Bertz CT molecular complexity index is 778. The van der Waals surface area contributed by atoms with Crippen LogP contribution in [-0.2, 0) is 0 Å². The van der Waals surface area contributed by atoms with Crippen molar-refractivity contribution in [3.8, 4) is 11.4 Å². The Balaban J connectivity index is 2.34. The lowest BCUT2D eigenvalue weighted by Gasteiger charge is -2.10. The Morgan fingerprint density at radius 1 is 1.15 bits per heavy atom. The Morgan fingerprint density at radius 3 is 2.50 bits per heavy atom. The van der Waals surface area contributed by atoms with Crippen LogP contribution in [0.1, 0.15) is 0 Å². The maximum absolute atomic E-state index is 6.24. The van der Waals surface area contributed by atoms with Gasteiger partial charge in [0.1, 0.15) is 5.75 Å². The van der Waals surface area contributed by atoms with Crippen molar-refractivity contribution in [3.05, 3.63) is 46.4 Å². The molecule has 0 aliphatic rings. The molecular formula is C14H11Cl2N3O. The summed E-state index contributed by atoms with van der Waals surface area (Å²) in [6, 6.07) is 10.8. The fraction of sp³-hybridized carbons (Fsp3) is 0.0714. The van der Waals surface area contributed by atoms with Crippen molar-refractivity contribution in [1.29, 1.82) is 0 Å². The lowest BCUT2D eigenvalue weighted by atomic mass is 10.2. The van der Waals surface area contributed by atoms with E-state index in [1.165, 1.54) is 0 Å². The number of halogens is 2. The molecule has 2 aromatic carbocycles. The van der Waals surface area contributed by atoms with Gasteiger partial charge in [0.15, 0.2) is 0 Å². The molecule has 3 rings (SSSR count). The molecule has 0 fully saturated rings. The highest BCUT2D eigenvalue weighted by atomic mass is 35.5. The predicted molar refractivity (Wildman–Crippen MR) is 82.1 cm³/mol. The molecule has 0 aliphatic carbocycles. The van der Waals surface area contributed by atoms with Gasteiger partial charge in [-0.25, -0.2) is 4.98 Å². The maximum Gasteiger partial charge on any atom is 0.206 e. The van der Waals surface area contributed by atoms with Gasteiger partial charge in [0, 0.05) is 6.07 Å². The van der Waals surface area contributed by atoms with Crippen molar-refractivity contribution >= 4 is 40.2 Å². The van der Waals surface area contributed by atoms with Crippen LogP contribution in [0.25, 0.3) is 16.7 Å². The molecule has 0 radical (unpaired) electrons. The number of hydrogen-bond acceptors (Lipinski definition) is 3. The van der Waals surface area contributed by atoms with Crippen LogP contribution < -0.4 is 10.5 Å². The average molecular weight is 308 g/mol. The van der Waals surface area contributed by atoms with Crippen molar-refractivity contribution in [3.63, 3.8) is 0 Å². The Hall–Kier alpha value is -1.91. The Morgan fingerprint density at radius 2 is 1.85 bits per heavy atom. The van der Waals surface area contributed by atoms with Crippen LogP contribution >= 0.6 is 23.2 Å². The lowest BCUT2D eigenvalue weighted by Crippen LogP contribution is -2.02. The van der Waals surface area contributed by atoms with E-state index in [1.54, 1.807) is 29.9 Å². The minimum Gasteiger partial charge on any atom is -0.497 e. The molecule has 6 heteroatoms. The van der Waals surface area contributed by atoms with E-state index in [1.807, 2.05) is 18.2 Å². The number of fused-ring (bicyclic) bond motifs is 1. The molecule has 4 nitrogen and oxygen atoms in total. The number of ether oxygens (including phenoxy) is 1. The van der Waals surface area contributed by atoms with E-state index >= 15 is 0 Å². The first-order valence-corrected chi connectivity index (χ1v) is 6.64. The highest BCUT2D eigenvalue weighted by Gasteiger charge is 2.15. The first kappa shape index (κ1) is 13.1. The van der Waals surface area contributed by atoms with E-state index in [-0.39, 0.29) is 0 Å². The smallest absolute Gasteiger partial charge is 0.206 e. The molecule has 3 aromatic rings. The molecule has 1 aromatic heterocycles. The fourth-order valence-corrected chi connectivity index (χ4v) is 2.71. The van der Waals surface area contributed by atoms with E-state index in [4.69, 9.17) is 33.7 Å². The highest BCUT2D eigenvalue weighted by molar-refractivity contribution is 6.38. The van der Waals surface area contributed by atoms with Crippen molar-refractivity contribution in [2.24, 2.45) is 0 Å². The molecule has 0 amide bonds. The summed E-state index contributed by atoms with van der Waals surface area (Å²) in [4.78, 5) is 4.32. The zero-order valence-electron chi connectivity index (χ0n) is 10.6. The van der Waals surface area contributed by atoms with Crippen LogP contribution in [0.3, 0.4) is 0 Å². The van der Waals surface area contributed by atoms with Gasteiger partial charge in [0.2, 0.25) is 5.95 Å². The minimum absolute atomic E-state index is 0.322. The minimum atomic E-state index is 0.322. The number of benzene rings is 2. The second-order valence-electron chi connectivity index (χ2n) is 4.23. The summed E-state index contributed by atoms with van der Waals surface area (Å²) in [5.41, 5.74) is 8.17. The molecule has 0 atom stereocenters. The molecule has 0 saturated heterocycles. The highest BCUT2D eigenvalue weighted by Crippen LogP contribution is 2.34. The van der Waals surface area contributed by atoms with E-state index in [0.29, 0.717) is 27.4 Å². The van der Waals surface area contributed by atoms with Gasteiger partial charge in [-0.3, -0.25) is 4.57 Å².